The highest BCUT2D eigenvalue weighted by Gasteiger charge is 2.35. The number of carbonyl (C=O) groups is 1. The minimum absolute atomic E-state index is 0.0746. The lowest BCUT2D eigenvalue weighted by Gasteiger charge is -2.23. The third-order valence-electron chi connectivity index (χ3n) is 4.26. The Morgan fingerprint density at radius 2 is 2.10 bits per heavy atom. The molecule has 2 heterocycles. The first-order chi connectivity index (χ1) is 9.75. The largest absolute Gasteiger partial charge is 0.377 e. The number of amides is 1. The van der Waals surface area contributed by atoms with Crippen LogP contribution in [0.15, 0.2) is 30.3 Å². The van der Waals surface area contributed by atoms with E-state index in [9.17, 15) is 4.79 Å². The Balaban J connectivity index is 1.61. The Kier molecular flexibility index (Phi) is 4.03. The van der Waals surface area contributed by atoms with Gasteiger partial charge < -0.3 is 15.0 Å². The lowest BCUT2D eigenvalue weighted by Crippen LogP contribution is -2.47. The quantitative estimate of drug-likeness (QED) is 0.912. The predicted octanol–water partition coefficient (Wildman–Crippen LogP) is 1.95. The Hall–Kier alpha value is -1.39. The number of anilines is 1. The average Bonchev–Trinajstić information content (AvgIpc) is 3.11. The zero-order valence-corrected chi connectivity index (χ0v) is 11.9. The normalized spacial score (nSPS) is 28.1. The van der Waals surface area contributed by atoms with Crippen LogP contribution in [-0.4, -0.2) is 37.2 Å². The van der Waals surface area contributed by atoms with Crippen molar-refractivity contribution < 1.29 is 9.53 Å². The van der Waals surface area contributed by atoms with Crippen molar-refractivity contribution in [3.05, 3.63) is 30.3 Å². The molecule has 0 unspecified atom stereocenters. The molecule has 0 radical (unpaired) electrons. The van der Waals surface area contributed by atoms with Gasteiger partial charge in [-0.15, -0.1) is 0 Å². The summed E-state index contributed by atoms with van der Waals surface area (Å²) in [5, 5.41) is 3.45. The highest BCUT2D eigenvalue weighted by Crippen LogP contribution is 2.22. The summed E-state index contributed by atoms with van der Waals surface area (Å²) < 4.78 is 5.68. The number of ether oxygens (including phenoxy) is 1. The lowest BCUT2D eigenvalue weighted by atomic mass is 10.1. The van der Waals surface area contributed by atoms with Crippen molar-refractivity contribution in [1.29, 1.82) is 0 Å². The van der Waals surface area contributed by atoms with Gasteiger partial charge in [-0.05, 0) is 38.3 Å². The van der Waals surface area contributed by atoms with E-state index in [1.165, 1.54) is 0 Å². The van der Waals surface area contributed by atoms with Gasteiger partial charge >= 0.3 is 0 Å². The monoisotopic (exact) mass is 274 g/mol. The van der Waals surface area contributed by atoms with Crippen molar-refractivity contribution >= 4 is 11.6 Å². The molecule has 3 atom stereocenters. The summed E-state index contributed by atoms with van der Waals surface area (Å²) in [5.74, 6) is 0.182. The van der Waals surface area contributed by atoms with E-state index in [0.717, 1.165) is 38.1 Å². The van der Waals surface area contributed by atoms with Gasteiger partial charge in [0.2, 0.25) is 5.91 Å². The molecule has 0 aromatic heterocycles. The molecular weight excluding hydrogens is 252 g/mol. The molecule has 3 rings (SSSR count). The highest BCUT2D eigenvalue weighted by molar-refractivity contribution is 5.99. The van der Waals surface area contributed by atoms with E-state index in [-0.39, 0.29) is 24.1 Å². The molecule has 0 saturated carbocycles. The second-order valence-corrected chi connectivity index (χ2v) is 5.67. The second-order valence-electron chi connectivity index (χ2n) is 5.67. The topological polar surface area (TPSA) is 41.6 Å². The average molecular weight is 274 g/mol. The first-order valence-electron chi connectivity index (χ1n) is 7.50. The number of benzene rings is 1. The highest BCUT2D eigenvalue weighted by atomic mass is 16.5. The number of carbonyl (C=O) groups excluding carboxylic acids is 1. The molecule has 1 amide bonds. The van der Waals surface area contributed by atoms with Crippen LogP contribution in [-0.2, 0) is 9.53 Å². The fraction of sp³-hybridized carbons (Fsp3) is 0.562. The summed E-state index contributed by atoms with van der Waals surface area (Å²) in [6.45, 7) is 3.76. The van der Waals surface area contributed by atoms with Crippen LogP contribution in [0.5, 0.6) is 0 Å². The van der Waals surface area contributed by atoms with Gasteiger partial charge in [0.1, 0.15) is 0 Å². The number of para-hydroxylation sites is 1. The lowest BCUT2D eigenvalue weighted by molar-refractivity contribution is -0.119. The zero-order valence-electron chi connectivity index (χ0n) is 11.9. The Bertz CT molecular complexity index is 457. The molecule has 4 heteroatoms. The maximum Gasteiger partial charge on any atom is 0.244 e. The summed E-state index contributed by atoms with van der Waals surface area (Å²) in [6, 6.07) is 10.1. The minimum atomic E-state index is -0.0746. The summed E-state index contributed by atoms with van der Waals surface area (Å²) in [7, 11) is 0. The van der Waals surface area contributed by atoms with Gasteiger partial charge in [0.05, 0.1) is 12.1 Å². The first-order valence-corrected chi connectivity index (χ1v) is 7.50. The van der Waals surface area contributed by atoms with E-state index in [1.54, 1.807) is 0 Å². The van der Waals surface area contributed by atoms with Gasteiger partial charge in [-0.1, -0.05) is 18.2 Å². The van der Waals surface area contributed by atoms with Crippen molar-refractivity contribution in [2.45, 2.75) is 44.4 Å². The Labute approximate surface area is 120 Å². The molecule has 1 aromatic rings. The summed E-state index contributed by atoms with van der Waals surface area (Å²) in [6.07, 6.45) is 3.35. The Morgan fingerprint density at radius 1 is 1.30 bits per heavy atom. The molecule has 2 aliphatic heterocycles. The molecule has 2 fully saturated rings. The summed E-state index contributed by atoms with van der Waals surface area (Å²) in [5.41, 5.74) is 0.992. The smallest absolute Gasteiger partial charge is 0.244 e. The molecule has 0 bridgehead atoms. The number of hydrogen-bond acceptors (Lipinski definition) is 3. The molecule has 108 valence electrons. The molecule has 2 saturated heterocycles. The van der Waals surface area contributed by atoms with Gasteiger partial charge in [0.15, 0.2) is 0 Å². The van der Waals surface area contributed by atoms with E-state index in [0.29, 0.717) is 0 Å². The molecule has 0 spiro atoms. The standard InChI is InChI=1S/C16H22N2O2/c1-12(15-8-5-11-20-15)17-14-9-10-18(16(14)19)13-6-3-2-4-7-13/h2-4,6-7,12,14-15,17H,5,8-11H2,1H3/t12-,14-,15-/m0/s1. The molecule has 1 N–H and O–H groups in total. The molecule has 1 aromatic carbocycles. The van der Waals surface area contributed by atoms with E-state index in [1.807, 2.05) is 35.2 Å². The van der Waals surface area contributed by atoms with E-state index in [4.69, 9.17) is 4.74 Å². The molecule has 4 nitrogen and oxygen atoms in total. The SMILES string of the molecule is C[C@H](N[C@H]1CCN(c2ccccc2)C1=O)[C@@H]1CCCO1. The first kappa shape index (κ1) is 13.6. The van der Waals surface area contributed by atoms with Crippen LogP contribution < -0.4 is 10.2 Å². The third-order valence-corrected chi connectivity index (χ3v) is 4.26. The van der Waals surface area contributed by atoms with Crippen LogP contribution in [0, 0.1) is 0 Å². The fourth-order valence-electron chi connectivity index (χ4n) is 3.12. The minimum Gasteiger partial charge on any atom is -0.377 e. The van der Waals surface area contributed by atoms with Crippen LogP contribution in [0.2, 0.25) is 0 Å². The van der Waals surface area contributed by atoms with Crippen LogP contribution in [0.4, 0.5) is 5.69 Å². The molecule has 0 aliphatic carbocycles. The molecular formula is C16H22N2O2. The van der Waals surface area contributed by atoms with Gasteiger partial charge in [-0.3, -0.25) is 4.79 Å². The van der Waals surface area contributed by atoms with E-state index in [2.05, 4.69) is 12.2 Å². The van der Waals surface area contributed by atoms with E-state index < -0.39 is 0 Å². The Morgan fingerprint density at radius 3 is 2.80 bits per heavy atom. The van der Waals surface area contributed by atoms with Gasteiger partial charge in [-0.2, -0.15) is 0 Å². The number of nitrogens with zero attached hydrogens (tertiary/aromatic N) is 1. The third kappa shape index (κ3) is 2.72. The van der Waals surface area contributed by atoms with Crippen molar-refractivity contribution in [2.24, 2.45) is 0 Å². The zero-order chi connectivity index (χ0) is 13.9. The number of rotatable bonds is 4. The van der Waals surface area contributed by atoms with E-state index >= 15 is 0 Å². The maximum absolute atomic E-state index is 12.5. The van der Waals surface area contributed by atoms with Gasteiger partial charge in [-0.25, -0.2) is 0 Å². The van der Waals surface area contributed by atoms with Crippen LogP contribution in [0.1, 0.15) is 26.2 Å². The van der Waals surface area contributed by atoms with Crippen LogP contribution in [0.3, 0.4) is 0 Å². The maximum atomic E-state index is 12.5. The van der Waals surface area contributed by atoms with Gasteiger partial charge in [0, 0.05) is 24.9 Å². The van der Waals surface area contributed by atoms with Crippen LogP contribution >= 0.6 is 0 Å². The summed E-state index contributed by atoms with van der Waals surface area (Å²) in [4.78, 5) is 14.4. The van der Waals surface area contributed by atoms with Crippen molar-refractivity contribution in [3.8, 4) is 0 Å². The van der Waals surface area contributed by atoms with Crippen LogP contribution in [0.25, 0.3) is 0 Å². The predicted molar refractivity (Wildman–Crippen MR) is 78.8 cm³/mol. The fourth-order valence-corrected chi connectivity index (χ4v) is 3.12. The van der Waals surface area contributed by atoms with Gasteiger partial charge in [0.25, 0.3) is 0 Å². The second kappa shape index (κ2) is 5.94. The molecule has 2 aliphatic rings. The van der Waals surface area contributed by atoms with Crippen molar-refractivity contribution in [3.63, 3.8) is 0 Å². The number of hydrogen-bond donors (Lipinski definition) is 1. The molecule has 20 heavy (non-hydrogen) atoms. The summed E-state index contributed by atoms with van der Waals surface area (Å²) >= 11 is 0. The van der Waals surface area contributed by atoms with Crippen molar-refractivity contribution in [2.75, 3.05) is 18.1 Å². The van der Waals surface area contributed by atoms with Crippen molar-refractivity contribution in [1.82, 2.24) is 5.32 Å². The number of nitrogens with one attached hydrogen (secondary N) is 1.